The molecule has 0 bridgehead atoms. The van der Waals surface area contributed by atoms with Crippen molar-refractivity contribution >= 4 is 72.0 Å². The van der Waals surface area contributed by atoms with Gasteiger partial charge in [0.25, 0.3) is 5.91 Å². The number of anilines is 1. The lowest BCUT2D eigenvalue weighted by molar-refractivity contribution is -0.117. The van der Waals surface area contributed by atoms with Crippen LogP contribution in [0, 0.1) is 0 Å². The van der Waals surface area contributed by atoms with Crippen molar-refractivity contribution in [1.82, 2.24) is 5.32 Å². The highest BCUT2D eigenvalue weighted by molar-refractivity contribution is 9.10. The van der Waals surface area contributed by atoms with Gasteiger partial charge in [-0.15, -0.1) is 0 Å². The summed E-state index contributed by atoms with van der Waals surface area (Å²) in [5.41, 5.74) is -0.109. The van der Waals surface area contributed by atoms with E-state index in [1.54, 1.807) is 43.9 Å². The van der Waals surface area contributed by atoms with Crippen molar-refractivity contribution in [1.29, 1.82) is 0 Å². The second kappa shape index (κ2) is 8.68. The van der Waals surface area contributed by atoms with Gasteiger partial charge in [0.05, 0.1) is 28.3 Å². The van der Waals surface area contributed by atoms with E-state index in [9.17, 15) is 18.0 Å². The fraction of sp³-hybridized carbons (Fsp3) is 0.500. The lowest BCUT2D eigenvalue weighted by Gasteiger charge is -2.25. The number of benzene rings is 1. The molecule has 2 atom stereocenters. The number of amidine groups is 1. The number of carbonyl (C=O) groups excluding carboxylic acids is 2. The van der Waals surface area contributed by atoms with Crippen molar-refractivity contribution in [3.63, 3.8) is 0 Å². The number of thioether (sulfide) groups is 1. The van der Waals surface area contributed by atoms with Gasteiger partial charge in [0, 0.05) is 9.72 Å². The zero-order valence-electron chi connectivity index (χ0n) is 16.5. The van der Waals surface area contributed by atoms with E-state index in [-0.39, 0.29) is 29.3 Å². The van der Waals surface area contributed by atoms with Gasteiger partial charge in [0.15, 0.2) is 15.0 Å². The largest absolute Gasteiger partial charge is 0.444 e. The maximum absolute atomic E-state index is 12.4. The molecular weight excluding hydrogens is 518 g/mol. The van der Waals surface area contributed by atoms with Crippen LogP contribution in [-0.4, -0.2) is 60.5 Å². The summed E-state index contributed by atoms with van der Waals surface area (Å²) in [4.78, 5) is 30.0. The van der Waals surface area contributed by atoms with Gasteiger partial charge in [-0.25, -0.2) is 13.2 Å². The van der Waals surface area contributed by atoms with Gasteiger partial charge in [-0.05, 0) is 39.0 Å². The molecule has 0 aromatic heterocycles. The van der Waals surface area contributed by atoms with Crippen LogP contribution in [0.25, 0.3) is 0 Å². The fourth-order valence-electron chi connectivity index (χ4n) is 3.13. The molecule has 1 N–H and O–H groups in total. The highest BCUT2D eigenvalue weighted by atomic mass is 79.9. The van der Waals surface area contributed by atoms with Crippen LogP contribution >= 0.6 is 39.3 Å². The van der Waals surface area contributed by atoms with E-state index in [4.69, 9.17) is 16.3 Å². The van der Waals surface area contributed by atoms with E-state index in [1.165, 1.54) is 11.8 Å². The number of sulfone groups is 1. The maximum Gasteiger partial charge on any atom is 0.408 e. The van der Waals surface area contributed by atoms with Gasteiger partial charge in [-0.3, -0.25) is 4.79 Å². The first-order chi connectivity index (χ1) is 13.8. The van der Waals surface area contributed by atoms with Crippen molar-refractivity contribution in [2.45, 2.75) is 37.7 Å². The fourth-order valence-corrected chi connectivity index (χ4v) is 7.82. The molecule has 1 aromatic carbocycles. The summed E-state index contributed by atoms with van der Waals surface area (Å²) in [5.74, 6) is -0.610. The first kappa shape index (κ1) is 23.4. The molecule has 0 radical (unpaired) electrons. The molecule has 2 saturated heterocycles. The number of carbonyl (C=O) groups is 2. The van der Waals surface area contributed by atoms with Crippen LogP contribution in [0.5, 0.6) is 0 Å². The van der Waals surface area contributed by atoms with Crippen LogP contribution in [0.1, 0.15) is 20.8 Å². The minimum atomic E-state index is -3.19. The number of ether oxygens (including phenoxy) is 1. The van der Waals surface area contributed by atoms with Gasteiger partial charge in [0.1, 0.15) is 12.1 Å². The lowest BCUT2D eigenvalue weighted by Crippen LogP contribution is -2.39. The van der Waals surface area contributed by atoms with Gasteiger partial charge in [-0.1, -0.05) is 39.3 Å². The standard InChI is InChI=1S/C18H21BrClN3O5S2/c1-18(2,3)28-17(25)21-7-15(24)22-16-23(12-5-4-10(19)6-11(12)20)13-8-30(26,27)9-14(13)29-16/h4-6,13-14H,7-9H2,1-3H3,(H,21,25)/t13-,14-/m0/s1. The Bertz CT molecular complexity index is 1010. The van der Waals surface area contributed by atoms with E-state index in [2.05, 4.69) is 26.2 Å². The number of fused-ring (bicyclic) bond motifs is 1. The molecule has 0 aliphatic carbocycles. The van der Waals surface area contributed by atoms with E-state index < -0.39 is 27.4 Å². The molecule has 12 heteroatoms. The lowest BCUT2D eigenvalue weighted by atomic mass is 10.2. The van der Waals surface area contributed by atoms with Crippen molar-refractivity contribution in [2.24, 2.45) is 4.99 Å². The summed E-state index contributed by atoms with van der Waals surface area (Å²) >= 11 is 11.0. The number of nitrogens with one attached hydrogen (secondary N) is 1. The topological polar surface area (TPSA) is 105 Å². The van der Waals surface area contributed by atoms with Crippen LogP contribution in [0.2, 0.25) is 5.02 Å². The summed E-state index contributed by atoms with van der Waals surface area (Å²) in [7, 11) is -3.19. The molecule has 8 nitrogen and oxygen atoms in total. The SMILES string of the molecule is CC(C)(C)OC(=O)NCC(=O)N=C1S[C@H]2CS(=O)(=O)C[C@@H]2N1c1ccc(Br)cc1Cl. The second-order valence-electron chi connectivity index (χ2n) is 7.91. The number of amides is 2. The zero-order valence-corrected chi connectivity index (χ0v) is 20.5. The quantitative estimate of drug-likeness (QED) is 0.630. The van der Waals surface area contributed by atoms with Gasteiger partial charge < -0.3 is 15.0 Å². The predicted octanol–water partition coefficient (Wildman–Crippen LogP) is 3.23. The smallest absolute Gasteiger partial charge is 0.408 e. The molecule has 164 valence electrons. The minimum absolute atomic E-state index is 0.0103. The molecule has 1 aromatic rings. The van der Waals surface area contributed by atoms with Crippen molar-refractivity contribution < 1.29 is 22.7 Å². The average Bonchev–Trinajstić information content (AvgIpc) is 3.03. The Morgan fingerprint density at radius 2 is 2.07 bits per heavy atom. The Hall–Kier alpha value is -1.30. The van der Waals surface area contributed by atoms with Gasteiger partial charge >= 0.3 is 6.09 Å². The number of aliphatic imine (C=N–C) groups is 1. The highest BCUT2D eigenvalue weighted by Crippen LogP contribution is 2.43. The number of halogens is 2. The summed E-state index contributed by atoms with van der Waals surface area (Å²) in [6.07, 6.45) is -0.717. The first-order valence-corrected chi connectivity index (χ1v) is 12.9. The van der Waals surface area contributed by atoms with Crippen LogP contribution in [-0.2, 0) is 19.4 Å². The molecule has 2 amide bonds. The third kappa shape index (κ3) is 5.68. The number of alkyl carbamates (subject to hydrolysis) is 1. The van der Waals surface area contributed by atoms with E-state index in [0.29, 0.717) is 15.9 Å². The monoisotopic (exact) mass is 537 g/mol. The molecule has 0 saturated carbocycles. The van der Waals surface area contributed by atoms with E-state index >= 15 is 0 Å². The number of hydrogen-bond acceptors (Lipinski definition) is 6. The van der Waals surface area contributed by atoms with Crippen molar-refractivity contribution in [3.05, 3.63) is 27.7 Å². The Balaban J connectivity index is 1.82. The highest BCUT2D eigenvalue weighted by Gasteiger charge is 2.49. The summed E-state index contributed by atoms with van der Waals surface area (Å²) in [6.45, 7) is 4.82. The maximum atomic E-state index is 12.4. The summed E-state index contributed by atoms with van der Waals surface area (Å²) in [6, 6.07) is 4.86. The zero-order chi connectivity index (χ0) is 22.3. The van der Waals surface area contributed by atoms with Crippen molar-refractivity contribution in [2.75, 3.05) is 23.0 Å². The average molecular weight is 539 g/mol. The normalized spacial score (nSPS) is 24.0. The Morgan fingerprint density at radius 1 is 1.37 bits per heavy atom. The van der Waals surface area contributed by atoms with Gasteiger partial charge in [-0.2, -0.15) is 4.99 Å². The first-order valence-electron chi connectivity index (χ1n) is 9.04. The third-order valence-corrected chi connectivity index (χ3v) is 8.24. The third-order valence-electron chi connectivity index (χ3n) is 4.24. The Morgan fingerprint density at radius 3 is 2.70 bits per heavy atom. The van der Waals surface area contributed by atoms with Crippen LogP contribution in [0.15, 0.2) is 27.7 Å². The second-order valence-corrected chi connectivity index (χ2v) is 12.6. The van der Waals surface area contributed by atoms with Gasteiger partial charge in [0.2, 0.25) is 0 Å². The van der Waals surface area contributed by atoms with Crippen LogP contribution < -0.4 is 10.2 Å². The molecule has 0 unspecified atom stereocenters. The Kier molecular flexibility index (Phi) is 6.76. The number of rotatable bonds is 3. The molecular formula is C18H21BrClN3O5S2. The number of hydrogen-bond donors (Lipinski definition) is 1. The molecule has 30 heavy (non-hydrogen) atoms. The van der Waals surface area contributed by atoms with E-state index in [0.717, 1.165) is 4.47 Å². The van der Waals surface area contributed by atoms with E-state index in [1.807, 2.05) is 0 Å². The summed E-state index contributed by atoms with van der Waals surface area (Å²) < 4.78 is 30.1. The van der Waals surface area contributed by atoms with Crippen LogP contribution in [0.4, 0.5) is 10.5 Å². The van der Waals surface area contributed by atoms with Crippen LogP contribution in [0.3, 0.4) is 0 Å². The predicted molar refractivity (Wildman–Crippen MR) is 122 cm³/mol. The minimum Gasteiger partial charge on any atom is -0.444 e. The molecule has 2 fully saturated rings. The summed E-state index contributed by atoms with van der Waals surface area (Å²) in [5, 5.41) is 2.89. The van der Waals surface area contributed by atoms with Crippen molar-refractivity contribution in [3.8, 4) is 0 Å². The number of nitrogens with zero attached hydrogens (tertiary/aromatic N) is 2. The molecule has 2 heterocycles. The molecule has 2 aliphatic rings. The molecule has 2 aliphatic heterocycles. The Labute approximate surface area is 192 Å². The molecule has 0 spiro atoms. The molecule has 3 rings (SSSR count).